The molecule has 0 N–H and O–H groups in total. The average molecular weight is 326 g/mol. The fourth-order valence-corrected chi connectivity index (χ4v) is 3.29. The number of sulfone groups is 1. The normalized spacial score (nSPS) is 12.0. The van der Waals surface area contributed by atoms with E-state index in [1.54, 1.807) is 36.5 Å². The number of nitrogens with zero attached hydrogens (tertiary/aromatic N) is 2. The summed E-state index contributed by atoms with van der Waals surface area (Å²) in [6.07, 6.45) is 3.06. The zero-order chi connectivity index (χ0) is 16.3. The van der Waals surface area contributed by atoms with Crippen LogP contribution in [-0.2, 0) is 16.4 Å². The third kappa shape index (κ3) is 3.22. The third-order valence-electron chi connectivity index (χ3n) is 3.38. The standard InChI is InChI=1S/C17H14N2O3S/c20-16-10-9-14-6-4-11-18-17(14)19(16)12-5-13-23(21,22)15-7-2-1-3-8-15/h1-11,13H,12H2/b13-5+. The molecule has 1 aromatic carbocycles. The molecule has 116 valence electrons. The van der Waals surface area contributed by atoms with Crippen LogP contribution >= 0.6 is 0 Å². The fraction of sp³-hybridized carbons (Fsp3) is 0.0588. The number of allylic oxidation sites excluding steroid dienone is 1. The van der Waals surface area contributed by atoms with E-state index >= 15 is 0 Å². The number of benzene rings is 1. The van der Waals surface area contributed by atoms with Gasteiger partial charge in [-0.1, -0.05) is 24.3 Å². The minimum atomic E-state index is -3.51. The van der Waals surface area contributed by atoms with Crippen molar-refractivity contribution < 1.29 is 8.42 Å². The van der Waals surface area contributed by atoms with Crippen molar-refractivity contribution in [3.05, 3.63) is 82.6 Å². The summed E-state index contributed by atoms with van der Waals surface area (Å²) in [7, 11) is -3.51. The Morgan fingerprint density at radius 2 is 1.78 bits per heavy atom. The van der Waals surface area contributed by atoms with Gasteiger partial charge in [-0.2, -0.15) is 0 Å². The van der Waals surface area contributed by atoms with Gasteiger partial charge < -0.3 is 0 Å². The summed E-state index contributed by atoms with van der Waals surface area (Å²) >= 11 is 0. The van der Waals surface area contributed by atoms with E-state index in [1.165, 1.54) is 28.8 Å². The first-order chi connectivity index (χ1) is 11.1. The second-order valence-electron chi connectivity index (χ2n) is 4.93. The highest BCUT2D eigenvalue weighted by atomic mass is 32.2. The Bertz CT molecular complexity index is 1020. The molecule has 6 heteroatoms. The molecule has 0 spiro atoms. The van der Waals surface area contributed by atoms with Crippen molar-refractivity contribution >= 4 is 20.9 Å². The van der Waals surface area contributed by atoms with Crippen LogP contribution in [-0.4, -0.2) is 18.0 Å². The van der Waals surface area contributed by atoms with Gasteiger partial charge in [0.15, 0.2) is 9.84 Å². The number of fused-ring (bicyclic) bond motifs is 1. The molecule has 3 aromatic rings. The Kier molecular flexibility index (Phi) is 4.08. The molecule has 0 bridgehead atoms. The molecule has 0 saturated carbocycles. The molecule has 3 rings (SSSR count). The van der Waals surface area contributed by atoms with E-state index in [0.717, 1.165) is 10.8 Å². The van der Waals surface area contributed by atoms with Crippen LogP contribution in [0.4, 0.5) is 0 Å². The van der Waals surface area contributed by atoms with Crippen LogP contribution < -0.4 is 5.56 Å². The highest BCUT2D eigenvalue weighted by Crippen LogP contribution is 2.12. The number of pyridine rings is 2. The molecule has 0 aliphatic carbocycles. The van der Waals surface area contributed by atoms with Crippen molar-refractivity contribution in [2.24, 2.45) is 0 Å². The van der Waals surface area contributed by atoms with Crippen LogP contribution in [0, 0.1) is 0 Å². The Morgan fingerprint density at radius 3 is 2.57 bits per heavy atom. The molecule has 0 radical (unpaired) electrons. The molecule has 0 aliphatic rings. The van der Waals surface area contributed by atoms with E-state index in [1.807, 2.05) is 6.07 Å². The van der Waals surface area contributed by atoms with Crippen molar-refractivity contribution in [3.8, 4) is 0 Å². The molecule has 5 nitrogen and oxygen atoms in total. The van der Waals surface area contributed by atoms with Gasteiger partial charge in [0.2, 0.25) is 0 Å². The molecular formula is C17H14N2O3S. The van der Waals surface area contributed by atoms with Gasteiger partial charge in [-0.25, -0.2) is 13.4 Å². The Balaban J connectivity index is 1.92. The maximum absolute atomic E-state index is 12.2. The number of hydrogen-bond donors (Lipinski definition) is 0. The van der Waals surface area contributed by atoms with Gasteiger partial charge >= 0.3 is 0 Å². The van der Waals surface area contributed by atoms with Gasteiger partial charge in [-0.3, -0.25) is 9.36 Å². The minimum Gasteiger partial charge on any atom is -0.289 e. The van der Waals surface area contributed by atoms with Crippen molar-refractivity contribution in [3.63, 3.8) is 0 Å². The lowest BCUT2D eigenvalue weighted by Crippen LogP contribution is -2.19. The predicted octanol–water partition coefficient (Wildman–Crippen LogP) is 2.38. The molecule has 0 saturated heterocycles. The number of hydrogen-bond acceptors (Lipinski definition) is 4. The minimum absolute atomic E-state index is 0.138. The van der Waals surface area contributed by atoms with Crippen LogP contribution in [0.5, 0.6) is 0 Å². The first kappa shape index (κ1) is 15.2. The van der Waals surface area contributed by atoms with Gasteiger partial charge in [-0.15, -0.1) is 0 Å². The van der Waals surface area contributed by atoms with Gasteiger partial charge in [-0.05, 0) is 30.3 Å². The Hall–Kier alpha value is -2.73. The molecule has 0 aliphatic heterocycles. The monoisotopic (exact) mass is 326 g/mol. The lowest BCUT2D eigenvalue weighted by molar-refractivity contribution is 0.604. The van der Waals surface area contributed by atoms with Crippen molar-refractivity contribution in [1.82, 2.24) is 9.55 Å². The summed E-state index contributed by atoms with van der Waals surface area (Å²) in [5, 5.41) is 1.95. The molecular weight excluding hydrogens is 312 g/mol. The average Bonchev–Trinajstić information content (AvgIpc) is 2.57. The second kappa shape index (κ2) is 6.18. The zero-order valence-electron chi connectivity index (χ0n) is 12.2. The number of rotatable bonds is 4. The molecule has 2 aromatic heterocycles. The van der Waals surface area contributed by atoms with E-state index in [4.69, 9.17) is 0 Å². The first-order valence-electron chi connectivity index (χ1n) is 6.99. The topological polar surface area (TPSA) is 69.0 Å². The summed E-state index contributed by atoms with van der Waals surface area (Å²) in [5.41, 5.74) is 0.305. The van der Waals surface area contributed by atoms with Crippen LogP contribution in [0.25, 0.3) is 11.0 Å². The second-order valence-corrected chi connectivity index (χ2v) is 6.76. The SMILES string of the molecule is O=c1ccc2cccnc2n1C/C=C/S(=O)(=O)c1ccccc1. The van der Waals surface area contributed by atoms with Crippen molar-refractivity contribution in [1.29, 1.82) is 0 Å². The quantitative estimate of drug-likeness (QED) is 0.738. The summed E-state index contributed by atoms with van der Waals surface area (Å²) in [4.78, 5) is 16.4. The summed E-state index contributed by atoms with van der Waals surface area (Å²) in [6.45, 7) is 0.138. The highest BCUT2D eigenvalue weighted by molar-refractivity contribution is 7.94. The lowest BCUT2D eigenvalue weighted by atomic mass is 10.3. The van der Waals surface area contributed by atoms with Crippen molar-refractivity contribution in [2.75, 3.05) is 0 Å². The van der Waals surface area contributed by atoms with Crippen LogP contribution in [0.3, 0.4) is 0 Å². The number of aromatic nitrogens is 2. The van der Waals surface area contributed by atoms with Gasteiger partial charge in [0.1, 0.15) is 5.65 Å². The fourth-order valence-electron chi connectivity index (χ4n) is 2.26. The van der Waals surface area contributed by atoms with Gasteiger partial charge in [0.25, 0.3) is 5.56 Å². The molecule has 0 atom stereocenters. The largest absolute Gasteiger partial charge is 0.289 e. The molecule has 0 fully saturated rings. The first-order valence-corrected chi connectivity index (χ1v) is 8.54. The van der Waals surface area contributed by atoms with E-state index in [-0.39, 0.29) is 17.0 Å². The van der Waals surface area contributed by atoms with E-state index in [9.17, 15) is 13.2 Å². The Labute approximate surface area is 133 Å². The maximum atomic E-state index is 12.2. The molecule has 23 heavy (non-hydrogen) atoms. The summed E-state index contributed by atoms with van der Waals surface area (Å²) in [5.74, 6) is 0. The van der Waals surface area contributed by atoms with Crippen LogP contribution in [0.15, 0.2) is 82.0 Å². The summed E-state index contributed by atoms with van der Waals surface area (Å²) in [6, 6.07) is 14.9. The van der Waals surface area contributed by atoms with Crippen molar-refractivity contribution in [2.45, 2.75) is 11.4 Å². The lowest BCUT2D eigenvalue weighted by Gasteiger charge is -2.06. The molecule has 0 amide bonds. The van der Waals surface area contributed by atoms with Crippen LogP contribution in [0.2, 0.25) is 0 Å². The van der Waals surface area contributed by atoms with E-state index in [0.29, 0.717) is 5.65 Å². The Morgan fingerprint density at radius 1 is 1.00 bits per heavy atom. The van der Waals surface area contributed by atoms with E-state index < -0.39 is 9.84 Å². The third-order valence-corrected chi connectivity index (χ3v) is 4.86. The van der Waals surface area contributed by atoms with E-state index in [2.05, 4.69) is 4.98 Å². The molecule has 0 unspecified atom stereocenters. The summed E-state index contributed by atoms with van der Waals surface area (Å²) < 4.78 is 25.8. The van der Waals surface area contributed by atoms with Gasteiger partial charge in [0, 0.05) is 29.6 Å². The maximum Gasteiger partial charge on any atom is 0.252 e. The zero-order valence-corrected chi connectivity index (χ0v) is 13.0. The predicted molar refractivity (Wildman–Crippen MR) is 88.8 cm³/mol. The smallest absolute Gasteiger partial charge is 0.252 e. The molecule has 2 heterocycles. The highest BCUT2D eigenvalue weighted by Gasteiger charge is 2.09. The van der Waals surface area contributed by atoms with Crippen LogP contribution in [0.1, 0.15) is 0 Å². The van der Waals surface area contributed by atoms with Gasteiger partial charge in [0.05, 0.1) is 4.90 Å².